The minimum atomic E-state index is -1.54. The van der Waals surface area contributed by atoms with Gasteiger partial charge in [-0.3, -0.25) is 0 Å². The fraction of sp³-hybridized carbons (Fsp3) is 0.867. The largest absolute Gasteiger partial charge is 0.396 e. The molecule has 0 aromatic carbocycles. The molecule has 1 fully saturated rings. The van der Waals surface area contributed by atoms with E-state index in [2.05, 4.69) is 53.0 Å². The summed E-state index contributed by atoms with van der Waals surface area (Å²) in [5.74, 6) is 4.46. The fourth-order valence-corrected chi connectivity index (χ4v) is 8.58. The van der Waals surface area contributed by atoms with Gasteiger partial charge in [-0.05, 0) is 29.0 Å². The van der Waals surface area contributed by atoms with Gasteiger partial charge in [0.2, 0.25) is 0 Å². The molecule has 0 aromatic rings. The summed E-state index contributed by atoms with van der Waals surface area (Å²) < 4.78 is 0. The maximum atomic E-state index is 9.08. The van der Waals surface area contributed by atoms with E-state index in [1.54, 1.807) is 0 Å². The molecular formula is C15H28OSi. The highest BCUT2D eigenvalue weighted by atomic mass is 28.3. The van der Waals surface area contributed by atoms with E-state index in [1.807, 2.05) is 0 Å². The van der Waals surface area contributed by atoms with E-state index >= 15 is 0 Å². The Morgan fingerprint density at radius 1 is 1.06 bits per heavy atom. The Bertz CT molecular complexity index is 287. The molecule has 2 atom stereocenters. The SMILES string of the molecule is CC(C)[Si](C#C[C@@H]1C[C@@H]1CO)(C(C)C)C(C)C. The first kappa shape index (κ1) is 14.8. The summed E-state index contributed by atoms with van der Waals surface area (Å²) in [5, 5.41) is 9.08. The number of hydrogen-bond donors (Lipinski definition) is 1. The summed E-state index contributed by atoms with van der Waals surface area (Å²) in [6.45, 7) is 14.4. The maximum Gasteiger partial charge on any atom is 0.145 e. The lowest BCUT2D eigenvalue weighted by molar-refractivity contribution is 0.273. The third kappa shape index (κ3) is 2.95. The second-order valence-electron chi connectivity index (χ2n) is 6.45. The summed E-state index contributed by atoms with van der Waals surface area (Å²) in [4.78, 5) is 0. The summed E-state index contributed by atoms with van der Waals surface area (Å²) in [7, 11) is -1.54. The summed E-state index contributed by atoms with van der Waals surface area (Å²) >= 11 is 0. The van der Waals surface area contributed by atoms with Crippen molar-refractivity contribution in [2.45, 2.75) is 64.6 Å². The number of aliphatic hydroxyl groups excluding tert-OH is 1. The molecule has 98 valence electrons. The zero-order valence-corrected chi connectivity index (χ0v) is 13.2. The van der Waals surface area contributed by atoms with Crippen LogP contribution in [0.4, 0.5) is 0 Å². The van der Waals surface area contributed by atoms with Crippen molar-refractivity contribution in [3.63, 3.8) is 0 Å². The van der Waals surface area contributed by atoms with Crippen LogP contribution in [-0.4, -0.2) is 19.8 Å². The van der Waals surface area contributed by atoms with Crippen molar-refractivity contribution in [2.24, 2.45) is 11.8 Å². The van der Waals surface area contributed by atoms with Crippen LogP contribution >= 0.6 is 0 Å². The molecule has 0 amide bonds. The van der Waals surface area contributed by atoms with Crippen molar-refractivity contribution in [3.05, 3.63) is 0 Å². The van der Waals surface area contributed by atoms with E-state index in [0.717, 1.165) is 6.42 Å². The van der Waals surface area contributed by atoms with Crippen LogP contribution in [0.25, 0.3) is 0 Å². The molecule has 17 heavy (non-hydrogen) atoms. The zero-order chi connectivity index (χ0) is 13.2. The van der Waals surface area contributed by atoms with E-state index in [4.69, 9.17) is 5.11 Å². The van der Waals surface area contributed by atoms with Crippen molar-refractivity contribution in [1.82, 2.24) is 0 Å². The highest BCUT2D eigenvalue weighted by Gasteiger charge is 2.42. The van der Waals surface area contributed by atoms with Gasteiger partial charge in [0, 0.05) is 12.5 Å². The Hall–Kier alpha value is -0.263. The molecule has 0 unspecified atom stereocenters. The van der Waals surface area contributed by atoms with Crippen molar-refractivity contribution in [3.8, 4) is 11.5 Å². The molecule has 1 nitrogen and oxygen atoms in total. The van der Waals surface area contributed by atoms with Gasteiger partial charge in [0.25, 0.3) is 0 Å². The van der Waals surface area contributed by atoms with Crippen LogP contribution in [-0.2, 0) is 0 Å². The Morgan fingerprint density at radius 3 is 1.82 bits per heavy atom. The summed E-state index contributed by atoms with van der Waals surface area (Å²) in [5.41, 5.74) is 5.86. The normalized spacial score (nSPS) is 24.1. The van der Waals surface area contributed by atoms with Crippen LogP contribution in [0.5, 0.6) is 0 Å². The maximum absolute atomic E-state index is 9.08. The first-order chi connectivity index (χ1) is 7.86. The number of hydrogen-bond acceptors (Lipinski definition) is 1. The van der Waals surface area contributed by atoms with Gasteiger partial charge in [0.15, 0.2) is 0 Å². The molecule has 0 saturated heterocycles. The van der Waals surface area contributed by atoms with Crippen LogP contribution in [0.2, 0.25) is 16.6 Å². The Morgan fingerprint density at radius 2 is 1.53 bits per heavy atom. The van der Waals surface area contributed by atoms with Gasteiger partial charge in [-0.15, -0.1) is 11.5 Å². The molecule has 0 aliphatic heterocycles. The predicted octanol–water partition coefficient (Wildman–Crippen LogP) is 3.84. The van der Waals surface area contributed by atoms with Gasteiger partial charge in [0.1, 0.15) is 8.07 Å². The summed E-state index contributed by atoms with van der Waals surface area (Å²) in [6, 6.07) is 0. The van der Waals surface area contributed by atoms with E-state index in [1.165, 1.54) is 0 Å². The van der Waals surface area contributed by atoms with Gasteiger partial charge in [-0.1, -0.05) is 41.5 Å². The quantitative estimate of drug-likeness (QED) is 0.595. The van der Waals surface area contributed by atoms with Crippen LogP contribution < -0.4 is 0 Å². The average molecular weight is 252 g/mol. The van der Waals surface area contributed by atoms with Crippen molar-refractivity contribution < 1.29 is 5.11 Å². The third-order valence-electron chi connectivity index (χ3n) is 4.50. The molecule has 0 aromatic heterocycles. The molecule has 0 spiro atoms. The summed E-state index contributed by atoms with van der Waals surface area (Å²) in [6.07, 6.45) is 1.11. The highest BCUT2D eigenvalue weighted by Crippen LogP contribution is 2.42. The van der Waals surface area contributed by atoms with Gasteiger partial charge in [-0.2, -0.15) is 0 Å². The second-order valence-corrected chi connectivity index (χ2v) is 12.0. The molecule has 1 aliphatic rings. The highest BCUT2D eigenvalue weighted by molar-refractivity contribution is 6.90. The smallest absolute Gasteiger partial charge is 0.145 e. The van der Waals surface area contributed by atoms with Gasteiger partial charge >= 0.3 is 0 Å². The number of rotatable bonds is 4. The minimum absolute atomic E-state index is 0.318. The third-order valence-corrected chi connectivity index (χ3v) is 10.8. The number of aliphatic hydroxyl groups is 1. The lowest BCUT2D eigenvalue weighted by atomic mass is 10.3. The van der Waals surface area contributed by atoms with E-state index in [-0.39, 0.29) is 0 Å². The van der Waals surface area contributed by atoms with Gasteiger partial charge in [0.05, 0.1) is 0 Å². The molecule has 0 bridgehead atoms. The van der Waals surface area contributed by atoms with Crippen LogP contribution in [0, 0.1) is 23.3 Å². The molecule has 1 saturated carbocycles. The van der Waals surface area contributed by atoms with Gasteiger partial charge in [-0.25, -0.2) is 0 Å². The lowest BCUT2D eigenvalue weighted by Crippen LogP contribution is -2.43. The Kier molecular flexibility index (Phi) is 4.86. The molecular weight excluding hydrogens is 224 g/mol. The molecule has 0 radical (unpaired) electrons. The fourth-order valence-electron chi connectivity index (χ4n) is 3.28. The Labute approximate surface area is 108 Å². The topological polar surface area (TPSA) is 20.2 Å². The average Bonchev–Trinajstić information content (AvgIpc) is 2.95. The van der Waals surface area contributed by atoms with E-state index in [0.29, 0.717) is 35.1 Å². The minimum Gasteiger partial charge on any atom is -0.396 e. The van der Waals surface area contributed by atoms with Crippen LogP contribution in [0.15, 0.2) is 0 Å². The first-order valence-electron chi connectivity index (χ1n) is 6.99. The van der Waals surface area contributed by atoms with Crippen molar-refractivity contribution in [2.75, 3.05) is 6.61 Å². The second kappa shape index (κ2) is 5.59. The van der Waals surface area contributed by atoms with Gasteiger partial charge < -0.3 is 5.11 Å². The Balaban J connectivity index is 2.91. The molecule has 0 heterocycles. The monoisotopic (exact) mass is 252 g/mol. The lowest BCUT2D eigenvalue weighted by Gasteiger charge is -2.38. The van der Waals surface area contributed by atoms with Crippen LogP contribution in [0.1, 0.15) is 48.0 Å². The first-order valence-corrected chi connectivity index (χ1v) is 9.23. The van der Waals surface area contributed by atoms with E-state index < -0.39 is 8.07 Å². The predicted molar refractivity (Wildman–Crippen MR) is 77.5 cm³/mol. The zero-order valence-electron chi connectivity index (χ0n) is 12.2. The molecule has 1 aliphatic carbocycles. The van der Waals surface area contributed by atoms with Crippen LogP contribution in [0.3, 0.4) is 0 Å². The van der Waals surface area contributed by atoms with Crippen molar-refractivity contribution >= 4 is 8.07 Å². The standard InChI is InChI=1S/C15H28OSi/c1-11(2)17(12(3)4,13(5)6)8-7-14-9-15(14)10-16/h11-16H,9-10H2,1-6H3/t14-,15-/m1/s1. The molecule has 1 N–H and O–H groups in total. The van der Waals surface area contributed by atoms with E-state index in [9.17, 15) is 0 Å². The molecule has 2 heteroatoms. The van der Waals surface area contributed by atoms with Crippen molar-refractivity contribution in [1.29, 1.82) is 0 Å². The molecule has 1 rings (SSSR count).